The van der Waals surface area contributed by atoms with Crippen molar-refractivity contribution in [2.75, 3.05) is 13.2 Å². The highest BCUT2D eigenvalue weighted by Gasteiger charge is 2.30. The van der Waals surface area contributed by atoms with Gasteiger partial charge in [-0.3, -0.25) is 9.78 Å². The molecule has 3 aromatic rings. The Hall–Kier alpha value is -2.73. The van der Waals surface area contributed by atoms with Crippen LogP contribution in [0.25, 0.3) is 11.0 Å². The van der Waals surface area contributed by atoms with Crippen LogP contribution in [0.15, 0.2) is 49.1 Å². The molecule has 1 aliphatic heterocycles. The molecule has 1 N–H and O–H groups in total. The van der Waals surface area contributed by atoms with E-state index in [2.05, 4.69) is 15.3 Å². The quantitative estimate of drug-likeness (QED) is 0.791. The lowest BCUT2D eigenvalue weighted by molar-refractivity contribution is 0.0925. The highest BCUT2D eigenvalue weighted by Crippen LogP contribution is 2.20. The zero-order chi connectivity index (χ0) is 17.2. The van der Waals surface area contributed by atoms with Crippen molar-refractivity contribution in [1.82, 2.24) is 19.9 Å². The zero-order valence-corrected chi connectivity index (χ0v) is 14.1. The number of hydrogen-bond donors (Lipinski definition) is 1. The fraction of sp³-hybridized carbons (Fsp3) is 0.316. The Balaban J connectivity index is 1.46. The number of pyridine rings is 1. The standard InChI is InChI=1S/C19H20N4O2/c1-23-12-21-16-9-14(2-3-18(16)23)19(24)22-17-11-25-10-15(17)8-13-4-6-20-7-5-13/h2-7,9,12,15,17H,8,10-11H2,1H3,(H,22,24)/t15-,17-/m1/s1. The zero-order valence-electron chi connectivity index (χ0n) is 14.1. The molecule has 0 radical (unpaired) electrons. The molecule has 0 aliphatic carbocycles. The summed E-state index contributed by atoms with van der Waals surface area (Å²) >= 11 is 0. The van der Waals surface area contributed by atoms with Crippen LogP contribution in [0.2, 0.25) is 0 Å². The normalized spacial score (nSPS) is 20.0. The molecular formula is C19H20N4O2. The number of ether oxygens (including phenoxy) is 1. The second kappa shape index (κ2) is 6.64. The highest BCUT2D eigenvalue weighted by atomic mass is 16.5. The summed E-state index contributed by atoms with van der Waals surface area (Å²) in [5.41, 5.74) is 3.67. The number of nitrogens with one attached hydrogen (secondary N) is 1. The molecule has 1 saturated heterocycles. The van der Waals surface area contributed by atoms with Crippen molar-refractivity contribution < 1.29 is 9.53 Å². The molecule has 1 amide bonds. The first-order chi connectivity index (χ1) is 12.2. The van der Waals surface area contributed by atoms with E-state index in [0.29, 0.717) is 18.8 Å². The first-order valence-corrected chi connectivity index (χ1v) is 8.39. The maximum Gasteiger partial charge on any atom is 0.251 e. The Morgan fingerprint density at radius 2 is 2.12 bits per heavy atom. The molecule has 3 heterocycles. The molecule has 4 rings (SSSR count). The summed E-state index contributed by atoms with van der Waals surface area (Å²) in [7, 11) is 1.94. The predicted molar refractivity (Wildman–Crippen MR) is 94.2 cm³/mol. The van der Waals surface area contributed by atoms with Crippen LogP contribution < -0.4 is 5.32 Å². The minimum Gasteiger partial charge on any atom is -0.379 e. The van der Waals surface area contributed by atoms with E-state index in [1.807, 2.05) is 41.9 Å². The van der Waals surface area contributed by atoms with Crippen molar-refractivity contribution in [3.05, 3.63) is 60.2 Å². The van der Waals surface area contributed by atoms with Gasteiger partial charge < -0.3 is 14.6 Å². The van der Waals surface area contributed by atoms with Gasteiger partial charge in [-0.1, -0.05) is 0 Å². The number of imidazole rings is 1. The van der Waals surface area contributed by atoms with Gasteiger partial charge in [-0.25, -0.2) is 4.98 Å². The van der Waals surface area contributed by atoms with Crippen LogP contribution in [-0.2, 0) is 18.2 Å². The van der Waals surface area contributed by atoms with Crippen molar-refractivity contribution in [1.29, 1.82) is 0 Å². The molecule has 2 atom stereocenters. The molecule has 0 unspecified atom stereocenters. The average molecular weight is 336 g/mol. The molecule has 0 spiro atoms. The number of rotatable bonds is 4. The Labute approximate surface area is 145 Å². The number of benzene rings is 1. The van der Waals surface area contributed by atoms with Crippen LogP contribution in [0.4, 0.5) is 0 Å². The lowest BCUT2D eigenvalue weighted by atomic mass is 9.95. The van der Waals surface area contributed by atoms with Gasteiger partial charge in [0.2, 0.25) is 0 Å². The lowest BCUT2D eigenvalue weighted by Gasteiger charge is -2.19. The fourth-order valence-electron chi connectivity index (χ4n) is 3.31. The third-order valence-electron chi connectivity index (χ3n) is 4.75. The van der Waals surface area contributed by atoms with E-state index in [1.54, 1.807) is 18.7 Å². The van der Waals surface area contributed by atoms with Gasteiger partial charge in [0.05, 0.1) is 36.6 Å². The van der Waals surface area contributed by atoms with E-state index in [-0.39, 0.29) is 17.9 Å². The van der Waals surface area contributed by atoms with E-state index in [0.717, 1.165) is 17.5 Å². The van der Waals surface area contributed by atoms with Crippen LogP contribution >= 0.6 is 0 Å². The number of hydrogen-bond acceptors (Lipinski definition) is 4. The van der Waals surface area contributed by atoms with E-state index in [1.165, 1.54) is 5.56 Å². The van der Waals surface area contributed by atoms with Crippen LogP contribution in [0.3, 0.4) is 0 Å². The average Bonchev–Trinajstić information content (AvgIpc) is 3.22. The van der Waals surface area contributed by atoms with Crippen molar-refractivity contribution in [2.45, 2.75) is 12.5 Å². The molecular weight excluding hydrogens is 316 g/mol. The number of carbonyl (C=O) groups is 1. The largest absolute Gasteiger partial charge is 0.379 e. The van der Waals surface area contributed by atoms with Gasteiger partial charge in [0.15, 0.2) is 0 Å². The highest BCUT2D eigenvalue weighted by molar-refractivity contribution is 5.97. The van der Waals surface area contributed by atoms with E-state index in [9.17, 15) is 4.79 Å². The van der Waals surface area contributed by atoms with E-state index < -0.39 is 0 Å². The smallest absolute Gasteiger partial charge is 0.251 e. The third kappa shape index (κ3) is 3.25. The van der Waals surface area contributed by atoms with Crippen LogP contribution in [0.5, 0.6) is 0 Å². The van der Waals surface area contributed by atoms with Gasteiger partial charge in [-0.05, 0) is 42.3 Å². The molecule has 1 fully saturated rings. The summed E-state index contributed by atoms with van der Waals surface area (Å²) in [6.45, 7) is 1.21. The Bertz CT molecular complexity index is 891. The first kappa shape index (κ1) is 15.8. The number of fused-ring (bicyclic) bond motifs is 1. The molecule has 6 heteroatoms. The van der Waals surface area contributed by atoms with Crippen LogP contribution in [0, 0.1) is 5.92 Å². The fourth-order valence-corrected chi connectivity index (χ4v) is 3.31. The molecule has 2 aromatic heterocycles. The summed E-state index contributed by atoms with van der Waals surface area (Å²) in [6.07, 6.45) is 6.20. The van der Waals surface area contributed by atoms with Crippen LogP contribution in [0.1, 0.15) is 15.9 Å². The Kier molecular flexibility index (Phi) is 4.19. The Morgan fingerprint density at radius 1 is 1.28 bits per heavy atom. The number of carbonyl (C=O) groups excluding carboxylic acids is 1. The Morgan fingerprint density at radius 3 is 2.96 bits per heavy atom. The lowest BCUT2D eigenvalue weighted by Crippen LogP contribution is -2.40. The predicted octanol–water partition coefficient (Wildman–Crippen LogP) is 1.96. The number of aryl methyl sites for hydroxylation is 1. The van der Waals surface area contributed by atoms with Crippen molar-refractivity contribution in [3.63, 3.8) is 0 Å². The number of nitrogens with zero attached hydrogens (tertiary/aromatic N) is 3. The molecule has 0 bridgehead atoms. The first-order valence-electron chi connectivity index (χ1n) is 8.39. The van der Waals surface area contributed by atoms with Crippen molar-refractivity contribution in [3.8, 4) is 0 Å². The van der Waals surface area contributed by atoms with E-state index >= 15 is 0 Å². The summed E-state index contributed by atoms with van der Waals surface area (Å²) in [5, 5.41) is 3.12. The second-order valence-electron chi connectivity index (χ2n) is 6.50. The minimum atomic E-state index is -0.0808. The van der Waals surface area contributed by atoms with Crippen LogP contribution in [-0.4, -0.2) is 39.7 Å². The molecule has 25 heavy (non-hydrogen) atoms. The van der Waals surface area contributed by atoms with Gasteiger partial charge in [0, 0.05) is 30.9 Å². The number of amides is 1. The van der Waals surface area contributed by atoms with Gasteiger partial charge in [0.25, 0.3) is 5.91 Å². The van der Waals surface area contributed by atoms with Gasteiger partial charge in [0.1, 0.15) is 0 Å². The van der Waals surface area contributed by atoms with Crippen molar-refractivity contribution >= 4 is 16.9 Å². The SMILES string of the molecule is Cn1cnc2cc(C(=O)N[C@@H]3COC[C@H]3Cc3ccncc3)ccc21. The molecule has 6 nitrogen and oxygen atoms in total. The summed E-state index contributed by atoms with van der Waals surface area (Å²) in [6, 6.07) is 9.63. The minimum absolute atomic E-state index is 0.0140. The summed E-state index contributed by atoms with van der Waals surface area (Å²) in [4.78, 5) is 21.0. The van der Waals surface area contributed by atoms with Gasteiger partial charge in [-0.2, -0.15) is 0 Å². The van der Waals surface area contributed by atoms with Gasteiger partial charge in [-0.15, -0.1) is 0 Å². The molecule has 1 aliphatic rings. The third-order valence-corrected chi connectivity index (χ3v) is 4.75. The van der Waals surface area contributed by atoms with E-state index in [4.69, 9.17) is 4.74 Å². The maximum absolute atomic E-state index is 12.6. The van der Waals surface area contributed by atoms with Crippen molar-refractivity contribution in [2.24, 2.45) is 13.0 Å². The molecule has 0 saturated carbocycles. The maximum atomic E-state index is 12.6. The molecule has 128 valence electrons. The monoisotopic (exact) mass is 336 g/mol. The second-order valence-corrected chi connectivity index (χ2v) is 6.50. The number of aromatic nitrogens is 3. The molecule has 1 aromatic carbocycles. The topological polar surface area (TPSA) is 69.0 Å². The summed E-state index contributed by atoms with van der Waals surface area (Å²) < 4.78 is 7.54. The summed E-state index contributed by atoms with van der Waals surface area (Å²) in [5.74, 6) is 0.188. The van der Waals surface area contributed by atoms with Gasteiger partial charge >= 0.3 is 0 Å².